The van der Waals surface area contributed by atoms with Crippen LogP contribution in [0.4, 0.5) is 33.6 Å². The van der Waals surface area contributed by atoms with Crippen molar-refractivity contribution in [1.82, 2.24) is 14.4 Å². The molecule has 0 saturated heterocycles. The van der Waals surface area contributed by atoms with Gasteiger partial charge in [0.05, 0.1) is 78.2 Å². The number of thiazole rings is 1. The number of imidazole rings is 1. The van der Waals surface area contributed by atoms with Crippen LogP contribution in [0, 0.1) is 25.2 Å². The number of pyridine rings is 1. The largest absolute Gasteiger partial charge is 0.505 e. The molecule has 0 unspecified atom stereocenters. The van der Waals surface area contributed by atoms with Gasteiger partial charge in [0.25, 0.3) is 30.4 Å². The second kappa shape index (κ2) is 21.9. The molecule has 3 heterocycles. The second-order valence-electron chi connectivity index (χ2n) is 15.1. The summed E-state index contributed by atoms with van der Waals surface area (Å²) in [5.74, 6) is -2.15. The van der Waals surface area contributed by atoms with Crippen LogP contribution < -0.4 is 4.74 Å². The van der Waals surface area contributed by atoms with E-state index >= 15 is 0 Å². The fraction of sp³-hybridized carbons (Fsp3) is 0.125. The normalized spacial score (nSPS) is 12.7. The summed E-state index contributed by atoms with van der Waals surface area (Å²) in [7, 11) is -14.7. The number of hydrogen-bond acceptors (Lipinski definition) is 27. The first-order chi connectivity index (χ1) is 35.5. The highest BCUT2D eigenvalue weighted by Crippen LogP contribution is 2.49. The maximum Gasteiger partial charge on any atom is 0.297 e. The third-order valence-corrected chi connectivity index (χ3v) is 16.1. The molecule has 0 radical (unpaired) electrons. The van der Waals surface area contributed by atoms with Gasteiger partial charge in [0, 0.05) is 22.4 Å². The van der Waals surface area contributed by atoms with Crippen molar-refractivity contribution in [2.75, 3.05) is 12.4 Å². The Morgan fingerprint density at radius 3 is 2.11 bits per heavy atom. The molecule has 8 rings (SSSR count). The summed E-state index contributed by atoms with van der Waals surface area (Å²) in [6.45, 7) is 2.64. The van der Waals surface area contributed by atoms with Crippen molar-refractivity contribution >= 4 is 149 Å². The zero-order valence-electron chi connectivity index (χ0n) is 37.3. The molecule has 28 nitrogen and oxygen atoms in total. The van der Waals surface area contributed by atoms with E-state index in [4.69, 9.17) is 26.9 Å². The highest BCUT2D eigenvalue weighted by molar-refractivity contribution is 7.95. The van der Waals surface area contributed by atoms with Crippen molar-refractivity contribution in [2.45, 2.75) is 39.9 Å². The Bertz CT molecular complexity index is 4130. The van der Waals surface area contributed by atoms with Gasteiger partial charge in [-0.1, -0.05) is 45.1 Å². The van der Waals surface area contributed by atoms with Gasteiger partial charge < -0.3 is 14.9 Å². The van der Waals surface area contributed by atoms with Crippen molar-refractivity contribution in [3.05, 3.63) is 82.4 Å². The van der Waals surface area contributed by atoms with Crippen molar-refractivity contribution in [1.29, 1.82) is 5.26 Å². The van der Waals surface area contributed by atoms with Crippen molar-refractivity contribution in [3.8, 4) is 23.4 Å². The van der Waals surface area contributed by atoms with Crippen LogP contribution in [0.15, 0.2) is 111 Å². The average Bonchev–Trinajstić information content (AvgIpc) is 3.93. The molecule has 0 aliphatic heterocycles. The first kappa shape index (κ1) is 54.6. The zero-order valence-corrected chi connectivity index (χ0v) is 43.0. The maximum absolute atomic E-state index is 13.2. The monoisotopic (exact) mass is 1160 g/mol. The van der Waals surface area contributed by atoms with E-state index in [1.807, 2.05) is 6.07 Å². The number of fused-ring (bicyclic) bond motifs is 5. The maximum atomic E-state index is 13.2. The molecule has 75 heavy (non-hydrogen) atoms. The predicted octanol–water partition coefficient (Wildman–Crippen LogP) is 11.1. The first-order valence-electron chi connectivity index (χ1n) is 20.2. The molecule has 3 aromatic heterocycles. The Kier molecular flexibility index (Phi) is 16.0. The Morgan fingerprint density at radius 2 is 1.43 bits per heavy atom. The number of hydrogen-bond donors (Lipinski definition) is 7. The van der Waals surface area contributed by atoms with Gasteiger partial charge in [-0.15, -0.1) is 39.4 Å². The fourth-order valence-corrected chi connectivity index (χ4v) is 12.0. The van der Waals surface area contributed by atoms with E-state index in [1.54, 1.807) is 24.3 Å². The molecule has 390 valence electrons. The van der Waals surface area contributed by atoms with Gasteiger partial charge in [-0.25, -0.2) is 20.5 Å². The molecular formula is C40H29ClN10O18S6. The molecule has 0 bridgehead atoms. The standard InChI is InChI=1S/C40H29ClN10O18S6/c1-17-12-25(28(65-10-5-11-73(56,57)58)14-24(17)46-50-40-44-26-15-29(71-68-66-54)31(41)37(35(26)70-40)75(62,63)64)47-49-33-30(72-69-67-55)13-20-19(34(33)52)8-9-23(36(20)74(59,60)61)45-48-32-18(2)21(16-42)38-43-22-6-3-4-7-27(22)51(38)39(32)53/h3-4,6-9,12-15,52-55H,5,10-11H2,1-2H3,(H,56,57,58)(H,59,60,61)(H,62,63,64). The Hall–Kier alpha value is -6.63. The van der Waals surface area contributed by atoms with Gasteiger partial charge in [-0.05, 0) is 68.3 Å². The third kappa shape index (κ3) is 11.5. The number of phenolic OH excluding ortho intramolecular Hbond substituents is 1. The van der Waals surface area contributed by atoms with E-state index in [-0.39, 0.29) is 95.2 Å². The first-order valence-corrected chi connectivity index (χ1v) is 27.4. The number of benzene rings is 5. The summed E-state index contributed by atoms with van der Waals surface area (Å²) in [5.41, 5.74) is 0.0790. The highest BCUT2D eigenvalue weighted by Gasteiger charge is 2.28. The zero-order chi connectivity index (χ0) is 54.1. The van der Waals surface area contributed by atoms with Crippen LogP contribution >= 0.6 is 47.0 Å². The van der Waals surface area contributed by atoms with Crippen LogP contribution in [0.3, 0.4) is 0 Å². The number of aryl methyl sites for hydroxylation is 1. The molecule has 0 aliphatic rings. The van der Waals surface area contributed by atoms with Crippen LogP contribution in [0.2, 0.25) is 5.02 Å². The van der Waals surface area contributed by atoms with Crippen LogP contribution in [0.1, 0.15) is 23.1 Å². The van der Waals surface area contributed by atoms with Gasteiger partial charge in [0.2, 0.25) is 11.0 Å². The Labute approximate surface area is 437 Å². The van der Waals surface area contributed by atoms with E-state index in [2.05, 4.69) is 59.4 Å². The quantitative estimate of drug-likeness (QED) is 0.00987. The minimum absolute atomic E-state index is 0.0187. The minimum atomic E-state index is -5.28. The number of ether oxygens (including phenoxy) is 1. The number of halogens is 1. The lowest BCUT2D eigenvalue weighted by atomic mass is 10.1. The molecule has 0 atom stereocenters. The molecule has 5 aromatic carbocycles. The van der Waals surface area contributed by atoms with Crippen LogP contribution in [-0.2, 0) is 49.1 Å². The van der Waals surface area contributed by atoms with Crippen LogP contribution in [0.25, 0.3) is 37.7 Å². The average molecular weight is 1170 g/mol. The molecule has 0 fully saturated rings. The van der Waals surface area contributed by atoms with E-state index in [0.717, 1.165) is 12.1 Å². The van der Waals surface area contributed by atoms with Gasteiger partial charge in [0.15, 0.2) is 17.1 Å². The molecule has 35 heteroatoms. The van der Waals surface area contributed by atoms with Gasteiger partial charge in [0.1, 0.15) is 44.2 Å². The summed E-state index contributed by atoms with van der Waals surface area (Å²) in [4.78, 5) is 6.56. The van der Waals surface area contributed by atoms with E-state index in [1.165, 1.54) is 42.5 Å². The number of nitrogens with zero attached hydrogens (tertiary/aromatic N) is 10. The van der Waals surface area contributed by atoms with Crippen molar-refractivity contribution in [3.63, 3.8) is 0 Å². The summed E-state index contributed by atoms with van der Waals surface area (Å²) in [6.07, 6.45) is -0.235. The summed E-state index contributed by atoms with van der Waals surface area (Å²) in [6, 6.07) is 15.9. The molecule has 0 spiro atoms. The van der Waals surface area contributed by atoms with E-state index < -0.39 is 79.3 Å². The molecule has 0 amide bonds. The van der Waals surface area contributed by atoms with Gasteiger partial charge in [-0.2, -0.15) is 30.5 Å². The van der Waals surface area contributed by atoms with Gasteiger partial charge >= 0.3 is 0 Å². The summed E-state index contributed by atoms with van der Waals surface area (Å²) in [5, 5.41) is 81.6. The molecule has 8 aromatic rings. The lowest BCUT2D eigenvalue weighted by Gasteiger charge is -2.13. The summed E-state index contributed by atoms with van der Waals surface area (Å²) >= 11 is 7.37. The number of rotatable bonds is 19. The third-order valence-electron chi connectivity index (χ3n) is 10.4. The number of aromatic hydroxyl groups is 2. The van der Waals surface area contributed by atoms with E-state index in [9.17, 15) is 54.4 Å². The van der Waals surface area contributed by atoms with Crippen LogP contribution in [0.5, 0.6) is 17.4 Å². The highest BCUT2D eigenvalue weighted by atomic mass is 35.5. The SMILES string of the molecule is Cc1cc(N=Nc2c(SOOO)cc3c(S(=O)(=O)O)c(N=Nc4c(C)c(C#N)c5nc6ccccc6n5c4O)ccc3c2O)c(OCCCS(=O)(=O)O)cc1N=Nc1nc2cc(SOOO)c(Cl)c(S(=O)(=O)O)c2s1. The van der Waals surface area contributed by atoms with Crippen molar-refractivity contribution in [2.24, 2.45) is 30.7 Å². The fourth-order valence-electron chi connectivity index (χ4n) is 7.22. The molecule has 0 saturated carbocycles. The van der Waals surface area contributed by atoms with Crippen molar-refractivity contribution < 1.29 is 83.1 Å². The number of nitriles is 1. The van der Waals surface area contributed by atoms with Gasteiger partial charge in [-0.3, -0.25) is 18.1 Å². The lowest BCUT2D eigenvalue weighted by molar-refractivity contribution is -0.432. The number of para-hydroxylation sites is 2. The molecule has 0 aliphatic carbocycles. The predicted molar refractivity (Wildman–Crippen MR) is 265 cm³/mol. The Balaban J connectivity index is 1.20. The second-order valence-corrected chi connectivity index (χ2v) is 22.2. The number of aromatic nitrogens is 3. The van der Waals surface area contributed by atoms with E-state index in [0.29, 0.717) is 40.0 Å². The molecular weight excluding hydrogens is 1140 g/mol. The number of phenols is 1. The van der Waals surface area contributed by atoms with Crippen LogP contribution in [-0.4, -0.2) is 86.4 Å². The molecule has 7 N–H and O–H groups in total. The number of azo groups is 3. The lowest BCUT2D eigenvalue weighted by Crippen LogP contribution is -2.08. The minimum Gasteiger partial charge on any atom is -0.505 e. The Morgan fingerprint density at radius 1 is 0.760 bits per heavy atom. The topological polar surface area (TPSA) is 418 Å². The summed E-state index contributed by atoms with van der Waals surface area (Å²) < 4.78 is 120. The smallest absolute Gasteiger partial charge is 0.297 e.